The van der Waals surface area contributed by atoms with Crippen molar-refractivity contribution < 1.29 is 14.3 Å². The minimum atomic E-state index is -0.434. The third-order valence-corrected chi connectivity index (χ3v) is 2.69. The first-order chi connectivity index (χ1) is 8.62. The monoisotopic (exact) mass is 252 g/mol. The number of methoxy groups -OCH3 is 2. The highest BCUT2D eigenvalue weighted by atomic mass is 16.5. The maximum absolute atomic E-state index is 11.5. The van der Waals surface area contributed by atoms with Crippen LogP contribution in [0.25, 0.3) is 0 Å². The Morgan fingerprint density at radius 1 is 1.44 bits per heavy atom. The highest BCUT2D eigenvalue weighted by molar-refractivity contribution is 5.96. The lowest BCUT2D eigenvalue weighted by Crippen LogP contribution is -2.24. The Morgan fingerprint density at radius 2 is 2.17 bits per heavy atom. The van der Waals surface area contributed by atoms with Gasteiger partial charge in [-0.2, -0.15) is 0 Å². The van der Waals surface area contributed by atoms with Crippen molar-refractivity contribution in [2.75, 3.05) is 31.9 Å². The van der Waals surface area contributed by atoms with Crippen LogP contribution in [0.2, 0.25) is 0 Å². The molecule has 1 atom stereocenters. The normalized spacial score (nSPS) is 11.9. The van der Waals surface area contributed by atoms with Gasteiger partial charge in [0.2, 0.25) is 0 Å². The molecule has 1 aromatic carbocycles. The number of benzene rings is 1. The molecule has 0 spiro atoms. The van der Waals surface area contributed by atoms with Gasteiger partial charge in [-0.15, -0.1) is 0 Å². The molecule has 1 aromatic rings. The molecule has 3 N–H and O–H groups in total. The van der Waals surface area contributed by atoms with E-state index in [1.54, 1.807) is 19.2 Å². The highest BCUT2D eigenvalue weighted by Gasteiger charge is 2.12. The second kappa shape index (κ2) is 6.86. The third kappa shape index (κ3) is 3.63. The fourth-order valence-electron chi connectivity index (χ4n) is 1.63. The molecule has 5 nitrogen and oxygen atoms in total. The van der Waals surface area contributed by atoms with Crippen molar-refractivity contribution in [2.24, 2.45) is 0 Å². The van der Waals surface area contributed by atoms with Crippen LogP contribution in [0.15, 0.2) is 18.2 Å². The number of ether oxygens (including phenoxy) is 2. The standard InChI is InChI=1S/C13H20N2O3/c1-4-9(8-17-2)15-10-5-6-12(14)11(7-10)13(16)18-3/h5-7,9,15H,4,8,14H2,1-3H3. The molecule has 0 amide bonds. The SMILES string of the molecule is CCC(COC)Nc1ccc(N)c(C(=O)OC)c1. The van der Waals surface area contributed by atoms with E-state index in [4.69, 9.17) is 10.5 Å². The number of hydrogen-bond donors (Lipinski definition) is 2. The molecule has 0 saturated heterocycles. The van der Waals surface area contributed by atoms with Crippen LogP contribution in [0.3, 0.4) is 0 Å². The van der Waals surface area contributed by atoms with Crippen molar-refractivity contribution in [2.45, 2.75) is 19.4 Å². The number of hydrogen-bond acceptors (Lipinski definition) is 5. The van der Waals surface area contributed by atoms with Crippen LogP contribution in [0.5, 0.6) is 0 Å². The number of nitrogen functional groups attached to an aromatic ring is 1. The predicted octanol–water partition coefficient (Wildman–Crippen LogP) is 1.89. The summed E-state index contributed by atoms with van der Waals surface area (Å²) in [5.74, 6) is -0.434. The lowest BCUT2D eigenvalue weighted by Gasteiger charge is -2.18. The van der Waals surface area contributed by atoms with Gasteiger partial charge in [0.05, 0.1) is 19.3 Å². The Balaban J connectivity index is 2.87. The third-order valence-electron chi connectivity index (χ3n) is 2.69. The first-order valence-electron chi connectivity index (χ1n) is 5.85. The molecule has 0 saturated carbocycles. The number of esters is 1. The largest absolute Gasteiger partial charge is 0.465 e. The van der Waals surface area contributed by atoms with Crippen LogP contribution in [0, 0.1) is 0 Å². The lowest BCUT2D eigenvalue weighted by atomic mass is 10.1. The molecule has 0 fully saturated rings. The summed E-state index contributed by atoms with van der Waals surface area (Å²) < 4.78 is 9.79. The molecule has 0 aliphatic carbocycles. The van der Waals surface area contributed by atoms with E-state index in [2.05, 4.69) is 17.0 Å². The molecule has 0 radical (unpaired) electrons. The van der Waals surface area contributed by atoms with Gasteiger partial charge in [0.15, 0.2) is 0 Å². The van der Waals surface area contributed by atoms with Gasteiger partial charge < -0.3 is 20.5 Å². The summed E-state index contributed by atoms with van der Waals surface area (Å²) in [4.78, 5) is 11.5. The van der Waals surface area contributed by atoms with Gasteiger partial charge in [-0.25, -0.2) is 4.79 Å². The first kappa shape index (κ1) is 14.3. The predicted molar refractivity (Wildman–Crippen MR) is 71.8 cm³/mol. The summed E-state index contributed by atoms with van der Waals surface area (Å²) in [6, 6.07) is 5.41. The number of anilines is 2. The summed E-state index contributed by atoms with van der Waals surface area (Å²) in [6.07, 6.45) is 0.922. The summed E-state index contributed by atoms with van der Waals surface area (Å²) in [5, 5.41) is 3.29. The second-order valence-corrected chi connectivity index (χ2v) is 4.00. The molecule has 100 valence electrons. The van der Waals surface area contributed by atoms with Crippen LogP contribution >= 0.6 is 0 Å². The average molecular weight is 252 g/mol. The Kier molecular flexibility index (Phi) is 5.45. The molecule has 0 aliphatic rings. The Hall–Kier alpha value is -1.75. The van der Waals surface area contributed by atoms with Gasteiger partial charge in [-0.05, 0) is 24.6 Å². The molecule has 1 rings (SSSR count). The molecule has 1 unspecified atom stereocenters. The Bertz CT molecular complexity index is 407. The molecule has 5 heteroatoms. The summed E-state index contributed by atoms with van der Waals surface area (Å²) in [5.41, 5.74) is 7.34. The lowest BCUT2D eigenvalue weighted by molar-refractivity contribution is 0.0602. The van der Waals surface area contributed by atoms with Crippen LogP contribution in [-0.4, -0.2) is 32.8 Å². The Morgan fingerprint density at radius 3 is 2.72 bits per heavy atom. The number of carbonyl (C=O) groups is 1. The minimum Gasteiger partial charge on any atom is -0.465 e. The van der Waals surface area contributed by atoms with E-state index in [1.165, 1.54) is 7.11 Å². The fourth-order valence-corrected chi connectivity index (χ4v) is 1.63. The summed E-state index contributed by atoms with van der Waals surface area (Å²) >= 11 is 0. The number of nitrogens with one attached hydrogen (secondary N) is 1. The van der Waals surface area contributed by atoms with E-state index in [1.807, 2.05) is 6.07 Å². The molecular weight excluding hydrogens is 232 g/mol. The van der Waals surface area contributed by atoms with Gasteiger partial charge >= 0.3 is 5.97 Å². The van der Waals surface area contributed by atoms with E-state index < -0.39 is 5.97 Å². The number of carbonyl (C=O) groups excluding carboxylic acids is 1. The summed E-state index contributed by atoms with van der Waals surface area (Å²) in [6.45, 7) is 2.67. The maximum Gasteiger partial charge on any atom is 0.340 e. The van der Waals surface area contributed by atoms with Crippen LogP contribution in [0.1, 0.15) is 23.7 Å². The van der Waals surface area contributed by atoms with Crippen molar-refractivity contribution >= 4 is 17.3 Å². The van der Waals surface area contributed by atoms with Crippen LogP contribution < -0.4 is 11.1 Å². The fraction of sp³-hybridized carbons (Fsp3) is 0.462. The van der Waals surface area contributed by atoms with Crippen molar-refractivity contribution in [1.82, 2.24) is 0 Å². The second-order valence-electron chi connectivity index (χ2n) is 4.00. The maximum atomic E-state index is 11.5. The minimum absolute atomic E-state index is 0.198. The van der Waals surface area contributed by atoms with E-state index >= 15 is 0 Å². The van der Waals surface area contributed by atoms with Crippen molar-refractivity contribution in [3.8, 4) is 0 Å². The number of rotatable bonds is 6. The Labute approximate surface area is 107 Å². The van der Waals surface area contributed by atoms with E-state index in [0.29, 0.717) is 17.9 Å². The zero-order chi connectivity index (χ0) is 13.5. The van der Waals surface area contributed by atoms with Crippen molar-refractivity contribution in [3.05, 3.63) is 23.8 Å². The van der Waals surface area contributed by atoms with Gasteiger partial charge in [-0.3, -0.25) is 0 Å². The van der Waals surface area contributed by atoms with Crippen molar-refractivity contribution in [1.29, 1.82) is 0 Å². The molecule has 0 aliphatic heterocycles. The van der Waals surface area contributed by atoms with E-state index in [9.17, 15) is 4.79 Å². The molecular formula is C13H20N2O3. The van der Waals surface area contributed by atoms with Gasteiger partial charge in [-0.1, -0.05) is 6.92 Å². The number of nitrogens with two attached hydrogens (primary N) is 1. The molecule has 0 aromatic heterocycles. The van der Waals surface area contributed by atoms with Crippen LogP contribution in [-0.2, 0) is 9.47 Å². The highest BCUT2D eigenvalue weighted by Crippen LogP contribution is 2.19. The van der Waals surface area contributed by atoms with Gasteiger partial charge in [0.25, 0.3) is 0 Å². The molecule has 18 heavy (non-hydrogen) atoms. The zero-order valence-corrected chi connectivity index (χ0v) is 11.0. The summed E-state index contributed by atoms with van der Waals surface area (Å²) in [7, 11) is 2.99. The topological polar surface area (TPSA) is 73.6 Å². The van der Waals surface area contributed by atoms with Gasteiger partial charge in [0.1, 0.15) is 0 Å². The van der Waals surface area contributed by atoms with E-state index in [0.717, 1.165) is 12.1 Å². The first-order valence-corrected chi connectivity index (χ1v) is 5.85. The van der Waals surface area contributed by atoms with Crippen molar-refractivity contribution in [3.63, 3.8) is 0 Å². The smallest absolute Gasteiger partial charge is 0.340 e. The average Bonchev–Trinajstić information content (AvgIpc) is 2.39. The zero-order valence-electron chi connectivity index (χ0n) is 11.0. The molecule has 0 bridgehead atoms. The quantitative estimate of drug-likeness (QED) is 0.597. The van der Waals surface area contributed by atoms with E-state index in [-0.39, 0.29) is 6.04 Å². The molecule has 0 heterocycles. The van der Waals surface area contributed by atoms with Gasteiger partial charge in [0, 0.05) is 24.5 Å². The van der Waals surface area contributed by atoms with Crippen LogP contribution in [0.4, 0.5) is 11.4 Å².